The fourth-order valence-electron chi connectivity index (χ4n) is 1.87. The van der Waals surface area contributed by atoms with Crippen LogP contribution in [0.5, 0.6) is 0 Å². The largest absolute Gasteiger partial charge is 0.348 e. The molecule has 0 saturated heterocycles. The van der Waals surface area contributed by atoms with Crippen LogP contribution in [0.2, 0.25) is 0 Å². The molecule has 0 heterocycles. The van der Waals surface area contributed by atoms with Crippen molar-refractivity contribution in [3.05, 3.63) is 35.1 Å². The summed E-state index contributed by atoms with van der Waals surface area (Å²) in [5.74, 6) is -0.427. The van der Waals surface area contributed by atoms with Crippen molar-refractivity contribution in [3.63, 3.8) is 0 Å². The minimum atomic E-state index is -0.463. The number of hydrogen-bond acceptors (Lipinski definition) is 2. The first-order valence-electron chi connectivity index (χ1n) is 6.21. The average Bonchev–Trinajstić information content (AvgIpc) is 2.31. The van der Waals surface area contributed by atoms with Gasteiger partial charge in [-0.1, -0.05) is 26.0 Å². The summed E-state index contributed by atoms with van der Waals surface area (Å²) in [5.41, 5.74) is 6.16. The lowest BCUT2D eigenvalue weighted by molar-refractivity contribution is 0.0929. The van der Waals surface area contributed by atoms with E-state index in [0.717, 1.165) is 6.42 Å². The molecule has 0 spiro atoms. The number of halogens is 1. The predicted molar refractivity (Wildman–Crippen MR) is 70.9 cm³/mol. The Morgan fingerprint density at radius 1 is 1.44 bits per heavy atom. The third kappa shape index (κ3) is 3.81. The number of rotatable bonds is 5. The summed E-state index contributed by atoms with van der Waals surface area (Å²) in [6.45, 7) is 6.11. The monoisotopic (exact) mass is 252 g/mol. The van der Waals surface area contributed by atoms with Crippen molar-refractivity contribution >= 4 is 5.91 Å². The van der Waals surface area contributed by atoms with E-state index in [9.17, 15) is 9.18 Å². The van der Waals surface area contributed by atoms with E-state index in [1.54, 1.807) is 19.1 Å². The summed E-state index contributed by atoms with van der Waals surface area (Å²) in [5, 5.41) is 2.78. The molecular weight excluding hydrogens is 231 g/mol. The summed E-state index contributed by atoms with van der Waals surface area (Å²) in [6.07, 6.45) is 0.787. The van der Waals surface area contributed by atoms with E-state index in [-0.39, 0.29) is 11.6 Å². The molecule has 3 N–H and O–H groups in total. The van der Waals surface area contributed by atoms with Crippen molar-refractivity contribution in [2.45, 2.75) is 33.2 Å². The lowest BCUT2D eigenvalue weighted by Crippen LogP contribution is -2.41. The van der Waals surface area contributed by atoms with E-state index >= 15 is 0 Å². The first kappa shape index (κ1) is 14.6. The fourth-order valence-corrected chi connectivity index (χ4v) is 1.87. The maximum Gasteiger partial charge on any atom is 0.254 e. The maximum absolute atomic E-state index is 13.8. The summed E-state index contributed by atoms with van der Waals surface area (Å²) in [7, 11) is 0. The second-order valence-electron chi connectivity index (χ2n) is 4.97. The molecule has 1 aromatic rings. The van der Waals surface area contributed by atoms with Crippen molar-refractivity contribution < 1.29 is 9.18 Å². The highest BCUT2D eigenvalue weighted by Crippen LogP contribution is 2.12. The standard InChI is InChI=1S/C14H21FN2O/c1-9(2)7-11(8-16)17-14(18)12-6-4-5-10(3)13(12)15/h4-6,9,11H,7-8,16H2,1-3H3,(H,17,18). The predicted octanol–water partition coefficient (Wildman–Crippen LogP) is 2.24. The summed E-state index contributed by atoms with van der Waals surface area (Å²) in [4.78, 5) is 12.0. The molecule has 0 bridgehead atoms. The number of aryl methyl sites for hydroxylation is 1. The Balaban J connectivity index is 2.78. The van der Waals surface area contributed by atoms with Crippen LogP contribution in [-0.2, 0) is 0 Å². The molecule has 1 rings (SSSR count). The highest BCUT2D eigenvalue weighted by molar-refractivity contribution is 5.94. The summed E-state index contributed by atoms with van der Waals surface area (Å²) < 4.78 is 13.8. The molecule has 18 heavy (non-hydrogen) atoms. The van der Waals surface area contributed by atoms with Crippen LogP contribution in [0.3, 0.4) is 0 Å². The zero-order valence-electron chi connectivity index (χ0n) is 11.2. The highest BCUT2D eigenvalue weighted by Gasteiger charge is 2.17. The fraction of sp³-hybridized carbons (Fsp3) is 0.500. The van der Waals surface area contributed by atoms with Crippen molar-refractivity contribution in [3.8, 4) is 0 Å². The van der Waals surface area contributed by atoms with E-state index in [2.05, 4.69) is 19.2 Å². The third-order valence-corrected chi connectivity index (χ3v) is 2.81. The van der Waals surface area contributed by atoms with Crippen LogP contribution in [0.1, 0.15) is 36.2 Å². The molecule has 1 atom stereocenters. The number of carbonyl (C=O) groups is 1. The van der Waals surface area contributed by atoms with Gasteiger partial charge in [-0.05, 0) is 30.9 Å². The van der Waals surface area contributed by atoms with Gasteiger partial charge in [-0.3, -0.25) is 4.79 Å². The molecule has 3 nitrogen and oxygen atoms in total. The quantitative estimate of drug-likeness (QED) is 0.844. The number of amides is 1. The molecule has 1 unspecified atom stereocenters. The van der Waals surface area contributed by atoms with E-state index < -0.39 is 11.7 Å². The van der Waals surface area contributed by atoms with Crippen LogP contribution in [0.15, 0.2) is 18.2 Å². The van der Waals surface area contributed by atoms with Gasteiger partial charge in [0.25, 0.3) is 5.91 Å². The van der Waals surface area contributed by atoms with Crippen molar-refractivity contribution in [2.75, 3.05) is 6.54 Å². The third-order valence-electron chi connectivity index (χ3n) is 2.81. The molecule has 4 heteroatoms. The lowest BCUT2D eigenvalue weighted by atomic mass is 10.0. The second kappa shape index (κ2) is 6.50. The van der Waals surface area contributed by atoms with Crippen molar-refractivity contribution in [1.29, 1.82) is 0 Å². The average molecular weight is 252 g/mol. The van der Waals surface area contributed by atoms with Crippen LogP contribution in [0.25, 0.3) is 0 Å². The first-order chi connectivity index (χ1) is 8.45. The smallest absolute Gasteiger partial charge is 0.254 e. The van der Waals surface area contributed by atoms with Gasteiger partial charge in [0.15, 0.2) is 0 Å². The number of hydrogen-bond donors (Lipinski definition) is 2. The van der Waals surface area contributed by atoms with Gasteiger partial charge < -0.3 is 11.1 Å². The molecule has 1 aromatic carbocycles. The number of nitrogens with one attached hydrogen (secondary N) is 1. The van der Waals surface area contributed by atoms with Crippen LogP contribution in [0, 0.1) is 18.7 Å². The van der Waals surface area contributed by atoms with Gasteiger partial charge in [0.2, 0.25) is 0 Å². The van der Waals surface area contributed by atoms with E-state index in [1.807, 2.05) is 0 Å². The van der Waals surface area contributed by atoms with Crippen LogP contribution < -0.4 is 11.1 Å². The lowest BCUT2D eigenvalue weighted by Gasteiger charge is -2.19. The molecule has 0 aromatic heterocycles. The zero-order chi connectivity index (χ0) is 13.7. The molecule has 0 saturated carbocycles. The van der Waals surface area contributed by atoms with E-state index in [4.69, 9.17) is 5.73 Å². The van der Waals surface area contributed by atoms with Gasteiger partial charge in [0, 0.05) is 12.6 Å². The molecule has 0 aliphatic rings. The number of nitrogens with two attached hydrogens (primary N) is 1. The Hall–Kier alpha value is -1.42. The zero-order valence-corrected chi connectivity index (χ0v) is 11.2. The molecule has 1 amide bonds. The van der Waals surface area contributed by atoms with Crippen molar-refractivity contribution in [1.82, 2.24) is 5.32 Å². The molecule has 0 fully saturated rings. The molecule has 0 aliphatic carbocycles. The summed E-state index contributed by atoms with van der Waals surface area (Å²) >= 11 is 0. The van der Waals surface area contributed by atoms with E-state index in [0.29, 0.717) is 18.0 Å². The molecule has 100 valence electrons. The molecular formula is C14H21FN2O. The minimum Gasteiger partial charge on any atom is -0.348 e. The Labute approximate surface area is 108 Å². The summed E-state index contributed by atoms with van der Waals surface area (Å²) in [6, 6.07) is 4.69. The van der Waals surface area contributed by atoms with Gasteiger partial charge in [-0.2, -0.15) is 0 Å². The number of carbonyl (C=O) groups excluding carboxylic acids is 1. The van der Waals surface area contributed by atoms with Crippen LogP contribution >= 0.6 is 0 Å². The Morgan fingerprint density at radius 2 is 2.11 bits per heavy atom. The van der Waals surface area contributed by atoms with Gasteiger partial charge in [0.05, 0.1) is 5.56 Å². The SMILES string of the molecule is Cc1cccc(C(=O)NC(CN)CC(C)C)c1F. The Bertz CT molecular complexity index is 418. The van der Waals surface area contributed by atoms with Gasteiger partial charge in [0.1, 0.15) is 5.82 Å². The number of benzene rings is 1. The van der Waals surface area contributed by atoms with Gasteiger partial charge >= 0.3 is 0 Å². The first-order valence-corrected chi connectivity index (χ1v) is 6.21. The van der Waals surface area contributed by atoms with Crippen molar-refractivity contribution in [2.24, 2.45) is 11.7 Å². The minimum absolute atomic E-state index is 0.0807. The Morgan fingerprint density at radius 3 is 2.67 bits per heavy atom. The van der Waals surface area contributed by atoms with Crippen LogP contribution in [0.4, 0.5) is 4.39 Å². The second-order valence-corrected chi connectivity index (χ2v) is 4.97. The maximum atomic E-state index is 13.8. The van der Waals surface area contributed by atoms with Gasteiger partial charge in [-0.25, -0.2) is 4.39 Å². The Kier molecular flexibility index (Phi) is 5.28. The normalized spacial score (nSPS) is 12.6. The topological polar surface area (TPSA) is 55.1 Å². The highest BCUT2D eigenvalue weighted by atomic mass is 19.1. The van der Waals surface area contributed by atoms with E-state index in [1.165, 1.54) is 6.07 Å². The van der Waals surface area contributed by atoms with Gasteiger partial charge in [-0.15, -0.1) is 0 Å². The molecule has 0 aliphatic heterocycles. The molecule has 0 radical (unpaired) electrons. The van der Waals surface area contributed by atoms with Crippen LogP contribution in [-0.4, -0.2) is 18.5 Å².